The molecular formula is C62H93N3O4. The SMILES string of the molecule is CCCCCCCCC=CCCCCCCCC(=O)Oc1ccc(-c2ccc(-c3ccc(OC(=O)CCCCCCC/C=C\CCCCCCCC)cc3)c3nn(CCCCCCCC)nc23)cc1. The maximum Gasteiger partial charge on any atom is 0.311 e. The maximum absolute atomic E-state index is 12.7. The molecule has 0 N–H and O–H groups in total. The van der Waals surface area contributed by atoms with Gasteiger partial charge in [-0.3, -0.25) is 9.59 Å². The van der Waals surface area contributed by atoms with Crippen LogP contribution in [0, 0.1) is 0 Å². The number of allylic oxidation sites excluding steroid dienone is 4. The molecule has 0 spiro atoms. The Hall–Kier alpha value is -4.52. The average Bonchev–Trinajstić information content (AvgIpc) is 3.79. The lowest BCUT2D eigenvalue weighted by atomic mass is 9.98. The van der Waals surface area contributed by atoms with Crippen LogP contribution in [-0.2, 0) is 16.1 Å². The fraction of sp³-hybridized carbons (Fsp3) is 0.613. The van der Waals surface area contributed by atoms with Gasteiger partial charge in [-0.05, 0) is 106 Å². The van der Waals surface area contributed by atoms with E-state index >= 15 is 0 Å². The predicted molar refractivity (Wildman–Crippen MR) is 292 cm³/mol. The van der Waals surface area contributed by atoms with Gasteiger partial charge in [-0.15, -0.1) is 0 Å². The van der Waals surface area contributed by atoms with Gasteiger partial charge in [-0.1, -0.05) is 216 Å². The highest BCUT2D eigenvalue weighted by Gasteiger charge is 2.17. The average molecular weight is 944 g/mol. The monoisotopic (exact) mass is 944 g/mol. The quantitative estimate of drug-likeness (QED) is 0.0191. The van der Waals surface area contributed by atoms with E-state index in [1.165, 1.54) is 141 Å². The fourth-order valence-electron chi connectivity index (χ4n) is 9.08. The Bertz CT molecular complexity index is 1860. The number of carbonyl (C=O) groups is 2. The second-order valence-electron chi connectivity index (χ2n) is 19.6. The van der Waals surface area contributed by atoms with Crippen molar-refractivity contribution in [3.8, 4) is 33.8 Å². The first-order valence-electron chi connectivity index (χ1n) is 28.3. The van der Waals surface area contributed by atoms with Gasteiger partial charge in [-0.2, -0.15) is 15.0 Å². The summed E-state index contributed by atoms with van der Waals surface area (Å²) in [6.45, 7) is 7.55. The number of fused-ring (bicyclic) bond motifs is 1. The Kier molecular flexibility index (Phi) is 30.9. The Morgan fingerprint density at radius 3 is 1.04 bits per heavy atom. The normalized spacial score (nSPS) is 11.7. The minimum absolute atomic E-state index is 0.177. The molecule has 1 aromatic heterocycles. The summed E-state index contributed by atoms with van der Waals surface area (Å²) in [5.74, 6) is 0.766. The third-order valence-electron chi connectivity index (χ3n) is 13.4. The van der Waals surface area contributed by atoms with E-state index in [0.29, 0.717) is 24.3 Å². The van der Waals surface area contributed by atoms with Gasteiger partial charge in [0.1, 0.15) is 22.5 Å². The van der Waals surface area contributed by atoms with Crippen molar-refractivity contribution in [1.29, 1.82) is 0 Å². The zero-order chi connectivity index (χ0) is 48.8. The van der Waals surface area contributed by atoms with E-state index in [1.807, 2.05) is 53.3 Å². The van der Waals surface area contributed by atoms with Crippen LogP contribution in [0.5, 0.6) is 11.5 Å². The second-order valence-corrected chi connectivity index (χ2v) is 19.6. The molecule has 0 radical (unpaired) electrons. The van der Waals surface area contributed by atoms with Gasteiger partial charge in [-0.25, -0.2) is 0 Å². The first-order chi connectivity index (χ1) is 34.0. The van der Waals surface area contributed by atoms with E-state index in [2.05, 4.69) is 57.2 Å². The van der Waals surface area contributed by atoms with Gasteiger partial charge in [0.05, 0.1) is 6.54 Å². The summed E-state index contributed by atoms with van der Waals surface area (Å²) in [5.41, 5.74) is 5.61. The summed E-state index contributed by atoms with van der Waals surface area (Å²) in [5, 5.41) is 10.1. The molecule has 0 fully saturated rings. The fourth-order valence-corrected chi connectivity index (χ4v) is 9.08. The molecule has 0 aliphatic heterocycles. The largest absolute Gasteiger partial charge is 0.427 e. The van der Waals surface area contributed by atoms with Crippen molar-refractivity contribution in [2.24, 2.45) is 0 Å². The third kappa shape index (κ3) is 24.7. The highest BCUT2D eigenvalue weighted by molar-refractivity contribution is 6.00. The van der Waals surface area contributed by atoms with Crippen molar-refractivity contribution in [3.63, 3.8) is 0 Å². The zero-order valence-corrected chi connectivity index (χ0v) is 43.8. The molecule has 3 aromatic carbocycles. The van der Waals surface area contributed by atoms with E-state index in [1.54, 1.807) is 0 Å². The Labute approximate surface area is 419 Å². The number of aromatic nitrogens is 3. The predicted octanol–water partition coefficient (Wildman–Crippen LogP) is 19.0. The van der Waals surface area contributed by atoms with Crippen LogP contribution >= 0.6 is 0 Å². The summed E-state index contributed by atoms with van der Waals surface area (Å²) in [7, 11) is 0. The number of nitrogens with zero attached hydrogens (tertiary/aromatic N) is 3. The van der Waals surface area contributed by atoms with Gasteiger partial charge in [0.15, 0.2) is 0 Å². The van der Waals surface area contributed by atoms with Crippen LogP contribution in [0.3, 0.4) is 0 Å². The van der Waals surface area contributed by atoms with Crippen molar-refractivity contribution < 1.29 is 19.1 Å². The first-order valence-corrected chi connectivity index (χ1v) is 28.3. The Morgan fingerprint density at radius 1 is 0.391 bits per heavy atom. The van der Waals surface area contributed by atoms with E-state index < -0.39 is 0 Å². The number of ether oxygens (including phenoxy) is 2. The molecule has 7 heteroatoms. The molecule has 0 aliphatic rings. The number of unbranched alkanes of at least 4 members (excludes halogenated alkanes) is 27. The number of hydrogen-bond donors (Lipinski definition) is 0. The third-order valence-corrected chi connectivity index (χ3v) is 13.4. The molecule has 0 bridgehead atoms. The van der Waals surface area contributed by atoms with Gasteiger partial charge in [0.2, 0.25) is 0 Å². The molecule has 7 nitrogen and oxygen atoms in total. The highest BCUT2D eigenvalue weighted by atomic mass is 16.5. The lowest BCUT2D eigenvalue weighted by Gasteiger charge is -2.09. The van der Waals surface area contributed by atoms with Crippen LogP contribution in [0.25, 0.3) is 33.3 Å². The summed E-state index contributed by atoms with van der Waals surface area (Å²) in [6.07, 6.45) is 49.5. The lowest BCUT2D eigenvalue weighted by molar-refractivity contribution is -0.135. The van der Waals surface area contributed by atoms with E-state index in [-0.39, 0.29) is 11.9 Å². The molecule has 69 heavy (non-hydrogen) atoms. The number of esters is 2. The van der Waals surface area contributed by atoms with Crippen molar-refractivity contribution >= 4 is 23.0 Å². The topological polar surface area (TPSA) is 83.3 Å². The molecule has 0 saturated carbocycles. The van der Waals surface area contributed by atoms with Crippen molar-refractivity contribution in [2.75, 3.05) is 0 Å². The lowest BCUT2D eigenvalue weighted by Crippen LogP contribution is -2.07. The van der Waals surface area contributed by atoms with Crippen molar-refractivity contribution in [3.05, 3.63) is 85.0 Å². The molecule has 1 heterocycles. The number of carbonyl (C=O) groups excluding carboxylic acids is 2. The molecule has 4 aromatic rings. The zero-order valence-electron chi connectivity index (χ0n) is 43.8. The summed E-state index contributed by atoms with van der Waals surface area (Å²) < 4.78 is 11.5. The molecule has 0 amide bonds. The summed E-state index contributed by atoms with van der Waals surface area (Å²) in [6, 6.07) is 19.8. The van der Waals surface area contributed by atoms with Crippen LogP contribution in [0.4, 0.5) is 0 Å². The Morgan fingerprint density at radius 2 is 0.696 bits per heavy atom. The molecule has 0 atom stereocenters. The molecule has 0 unspecified atom stereocenters. The second kappa shape index (κ2) is 37.3. The number of hydrogen-bond acceptors (Lipinski definition) is 6. The molecule has 0 aliphatic carbocycles. The van der Waals surface area contributed by atoms with Crippen LogP contribution in [0.15, 0.2) is 85.0 Å². The van der Waals surface area contributed by atoms with Gasteiger partial charge < -0.3 is 9.47 Å². The smallest absolute Gasteiger partial charge is 0.311 e. The van der Waals surface area contributed by atoms with E-state index in [0.717, 1.165) is 104 Å². The van der Waals surface area contributed by atoms with E-state index in [4.69, 9.17) is 19.7 Å². The molecule has 380 valence electrons. The number of aryl methyl sites for hydroxylation is 1. The van der Waals surface area contributed by atoms with Crippen LogP contribution in [0.1, 0.15) is 239 Å². The minimum atomic E-state index is -0.177. The summed E-state index contributed by atoms with van der Waals surface area (Å²) in [4.78, 5) is 27.3. The molecule has 0 saturated heterocycles. The van der Waals surface area contributed by atoms with Gasteiger partial charge in [0, 0.05) is 24.0 Å². The van der Waals surface area contributed by atoms with Crippen LogP contribution in [0.2, 0.25) is 0 Å². The van der Waals surface area contributed by atoms with Crippen LogP contribution < -0.4 is 9.47 Å². The highest BCUT2D eigenvalue weighted by Crippen LogP contribution is 2.35. The first kappa shape index (κ1) is 57.1. The Balaban J connectivity index is 1.22. The molecular weight excluding hydrogens is 851 g/mol. The maximum atomic E-state index is 12.7. The molecule has 4 rings (SSSR count). The van der Waals surface area contributed by atoms with Crippen molar-refractivity contribution in [2.45, 2.75) is 246 Å². The van der Waals surface area contributed by atoms with E-state index in [9.17, 15) is 9.59 Å². The number of benzene rings is 3. The van der Waals surface area contributed by atoms with Crippen LogP contribution in [-0.4, -0.2) is 26.9 Å². The summed E-state index contributed by atoms with van der Waals surface area (Å²) >= 11 is 0. The van der Waals surface area contributed by atoms with Gasteiger partial charge >= 0.3 is 11.9 Å². The number of rotatable bonds is 41. The standard InChI is InChI=1S/C62H93N3O4/c1-4-7-10-13-16-18-20-22-24-26-28-30-32-34-37-40-59(66)68-55-46-42-53(43-47-55)57-50-51-58(62-61(57)63-65(64-62)52-39-36-15-12-9-6-3)54-44-48-56(49-45-54)69-60(67)41-38-35-33-31-29-27-25-23-21-19-17-14-11-8-5-2/h22-25,42-51H,4-21,26-41,52H2,1-3H3/b24-22-,25-23?. The van der Waals surface area contributed by atoms with Crippen molar-refractivity contribution in [1.82, 2.24) is 15.0 Å². The minimum Gasteiger partial charge on any atom is -0.427 e. The van der Waals surface area contributed by atoms with Gasteiger partial charge in [0.25, 0.3) is 0 Å².